The zero-order valence-electron chi connectivity index (χ0n) is 10.4. The van der Waals surface area contributed by atoms with Crippen molar-refractivity contribution in [1.82, 2.24) is 15.4 Å². The van der Waals surface area contributed by atoms with Crippen LogP contribution in [-0.2, 0) is 12.6 Å². The number of nitrogens with two attached hydrogens (primary N) is 1. The lowest BCUT2D eigenvalue weighted by Crippen LogP contribution is -2.31. The number of nitrogens with one attached hydrogen (secondary N) is 1. The van der Waals surface area contributed by atoms with Gasteiger partial charge in [0.05, 0.1) is 11.6 Å². The van der Waals surface area contributed by atoms with E-state index in [-0.39, 0.29) is 5.56 Å². The minimum Gasteiger partial charge on any atom is -0.271 e. The first-order valence-corrected chi connectivity index (χ1v) is 5.88. The zero-order chi connectivity index (χ0) is 14.6. The number of pyridine rings is 2. The van der Waals surface area contributed by atoms with Gasteiger partial charge in [0.15, 0.2) is 0 Å². The molecule has 0 saturated carbocycles. The largest absolute Gasteiger partial charge is 0.416 e. The molecule has 1 atom stereocenters. The number of rotatable bonds is 4. The number of alkyl halides is 3. The lowest BCUT2D eigenvalue weighted by atomic mass is 9.97. The highest BCUT2D eigenvalue weighted by atomic mass is 19.4. The normalized spacial score (nSPS) is 13.2. The summed E-state index contributed by atoms with van der Waals surface area (Å²) in [6.07, 6.45) is 1.34. The summed E-state index contributed by atoms with van der Waals surface area (Å²) in [5.74, 6) is 5.40. The molecule has 7 heteroatoms. The number of hydrazine groups is 1. The van der Waals surface area contributed by atoms with Crippen LogP contribution in [0.15, 0.2) is 43.0 Å². The molecule has 0 saturated heterocycles. The fourth-order valence-corrected chi connectivity index (χ4v) is 1.96. The van der Waals surface area contributed by atoms with E-state index in [1.165, 1.54) is 6.20 Å². The molecule has 106 valence electrons. The molecule has 3 N–H and O–H groups in total. The van der Waals surface area contributed by atoms with Crippen molar-refractivity contribution < 1.29 is 13.2 Å². The van der Waals surface area contributed by atoms with Crippen molar-refractivity contribution in [3.05, 3.63) is 59.7 Å². The molecule has 0 radical (unpaired) electrons. The Kier molecular flexibility index (Phi) is 4.31. The van der Waals surface area contributed by atoms with Gasteiger partial charge in [0.1, 0.15) is 0 Å². The summed E-state index contributed by atoms with van der Waals surface area (Å²) in [6, 6.07) is 3.73. The third-order valence-corrected chi connectivity index (χ3v) is 2.92. The second-order valence-corrected chi connectivity index (χ2v) is 4.24. The Balaban J connectivity index is 2.33. The molecule has 0 bridgehead atoms. The van der Waals surface area contributed by atoms with Gasteiger partial charge in [-0.1, -0.05) is 0 Å². The van der Waals surface area contributed by atoms with Gasteiger partial charge >= 0.3 is 6.18 Å². The van der Waals surface area contributed by atoms with Crippen LogP contribution in [0.4, 0.5) is 13.2 Å². The maximum atomic E-state index is 13.0. The van der Waals surface area contributed by atoms with E-state index in [9.17, 15) is 13.2 Å². The van der Waals surface area contributed by atoms with Crippen LogP contribution in [0.2, 0.25) is 0 Å². The van der Waals surface area contributed by atoms with Crippen LogP contribution in [0.3, 0.4) is 0 Å². The van der Waals surface area contributed by atoms with Gasteiger partial charge in [-0.3, -0.25) is 21.2 Å². The van der Waals surface area contributed by atoms with Crippen molar-refractivity contribution >= 4 is 0 Å². The molecular weight excluding hydrogens is 269 g/mol. The molecule has 2 aromatic rings. The highest BCUT2D eigenvalue weighted by Gasteiger charge is 2.35. The van der Waals surface area contributed by atoms with E-state index < -0.39 is 17.8 Å². The average Bonchev–Trinajstić information content (AvgIpc) is 2.45. The van der Waals surface area contributed by atoms with Gasteiger partial charge in [-0.15, -0.1) is 0 Å². The smallest absolute Gasteiger partial charge is 0.271 e. The summed E-state index contributed by atoms with van der Waals surface area (Å²) in [5.41, 5.74) is 2.55. The first-order valence-electron chi connectivity index (χ1n) is 5.88. The Bertz CT molecular complexity index is 557. The van der Waals surface area contributed by atoms with E-state index >= 15 is 0 Å². The van der Waals surface area contributed by atoms with Gasteiger partial charge in [-0.25, -0.2) is 0 Å². The topological polar surface area (TPSA) is 63.8 Å². The Morgan fingerprint density at radius 2 is 1.75 bits per heavy atom. The Hall–Kier alpha value is -1.99. The fraction of sp³-hybridized carbons (Fsp3) is 0.231. The first-order chi connectivity index (χ1) is 9.52. The summed E-state index contributed by atoms with van der Waals surface area (Å²) >= 11 is 0. The number of hydrogen-bond acceptors (Lipinski definition) is 4. The van der Waals surface area contributed by atoms with Crippen LogP contribution in [-0.4, -0.2) is 9.97 Å². The van der Waals surface area contributed by atoms with E-state index in [4.69, 9.17) is 5.84 Å². The molecule has 0 aliphatic carbocycles. The van der Waals surface area contributed by atoms with Gasteiger partial charge in [0, 0.05) is 30.4 Å². The molecule has 0 fully saturated rings. The minimum atomic E-state index is -4.44. The van der Waals surface area contributed by atoms with Gasteiger partial charge in [-0.2, -0.15) is 13.2 Å². The van der Waals surface area contributed by atoms with Gasteiger partial charge in [0.2, 0.25) is 0 Å². The molecule has 2 heterocycles. The van der Waals surface area contributed by atoms with Crippen LogP contribution in [0.5, 0.6) is 0 Å². The van der Waals surface area contributed by atoms with Crippen molar-refractivity contribution in [3.8, 4) is 0 Å². The third-order valence-electron chi connectivity index (χ3n) is 2.92. The first kappa shape index (κ1) is 14.4. The van der Waals surface area contributed by atoms with Crippen LogP contribution in [0, 0.1) is 0 Å². The zero-order valence-corrected chi connectivity index (χ0v) is 10.4. The van der Waals surface area contributed by atoms with E-state index in [2.05, 4.69) is 15.4 Å². The molecule has 0 amide bonds. The molecule has 0 spiro atoms. The molecule has 0 aliphatic rings. The van der Waals surface area contributed by atoms with E-state index in [1.807, 2.05) is 0 Å². The van der Waals surface area contributed by atoms with Crippen molar-refractivity contribution in [3.63, 3.8) is 0 Å². The second-order valence-electron chi connectivity index (χ2n) is 4.24. The molecule has 4 nitrogen and oxygen atoms in total. The Morgan fingerprint density at radius 3 is 2.35 bits per heavy atom. The molecular formula is C13H13F3N4. The average molecular weight is 282 g/mol. The van der Waals surface area contributed by atoms with E-state index in [0.717, 1.165) is 17.8 Å². The van der Waals surface area contributed by atoms with Crippen molar-refractivity contribution in [1.29, 1.82) is 0 Å². The molecule has 0 aliphatic heterocycles. The van der Waals surface area contributed by atoms with Crippen LogP contribution in [0.25, 0.3) is 0 Å². The van der Waals surface area contributed by atoms with Crippen LogP contribution in [0.1, 0.15) is 22.7 Å². The van der Waals surface area contributed by atoms with Crippen molar-refractivity contribution in [2.75, 3.05) is 0 Å². The SMILES string of the molecule is NNC(Cc1ccncc1)c1cnccc1C(F)(F)F. The monoisotopic (exact) mass is 282 g/mol. The number of nitrogens with zero attached hydrogens (tertiary/aromatic N) is 2. The summed E-state index contributed by atoms with van der Waals surface area (Å²) in [5, 5.41) is 0. The Labute approximate surface area is 113 Å². The minimum absolute atomic E-state index is 0.0271. The van der Waals surface area contributed by atoms with E-state index in [0.29, 0.717) is 6.42 Å². The maximum Gasteiger partial charge on any atom is 0.416 e. The number of halogens is 3. The fourth-order valence-electron chi connectivity index (χ4n) is 1.96. The van der Waals surface area contributed by atoms with Crippen molar-refractivity contribution in [2.24, 2.45) is 5.84 Å². The predicted molar refractivity (Wildman–Crippen MR) is 67.2 cm³/mol. The second kappa shape index (κ2) is 5.98. The molecule has 1 unspecified atom stereocenters. The molecule has 0 aromatic carbocycles. The number of hydrogen-bond donors (Lipinski definition) is 2. The standard InChI is InChI=1S/C13H13F3N4/c14-13(15,16)11-3-6-19-8-10(11)12(20-17)7-9-1-4-18-5-2-9/h1-6,8,12,20H,7,17H2. The summed E-state index contributed by atoms with van der Waals surface area (Å²) in [7, 11) is 0. The van der Waals surface area contributed by atoms with Crippen molar-refractivity contribution in [2.45, 2.75) is 18.6 Å². The van der Waals surface area contributed by atoms with Crippen LogP contribution >= 0.6 is 0 Å². The lowest BCUT2D eigenvalue weighted by molar-refractivity contribution is -0.138. The summed E-state index contributed by atoms with van der Waals surface area (Å²) in [4.78, 5) is 7.63. The quantitative estimate of drug-likeness (QED) is 0.667. The third kappa shape index (κ3) is 3.31. The summed E-state index contributed by atoms with van der Waals surface area (Å²) < 4.78 is 38.9. The predicted octanol–water partition coefficient (Wildman–Crippen LogP) is 2.24. The van der Waals surface area contributed by atoms with E-state index in [1.54, 1.807) is 24.5 Å². The van der Waals surface area contributed by atoms with Crippen LogP contribution < -0.4 is 11.3 Å². The Morgan fingerprint density at radius 1 is 1.10 bits per heavy atom. The molecule has 2 aromatic heterocycles. The maximum absolute atomic E-state index is 13.0. The summed E-state index contributed by atoms with van der Waals surface area (Å²) in [6.45, 7) is 0. The van der Waals surface area contributed by atoms with Gasteiger partial charge in [-0.05, 0) is 30.2 Å². The van der Waals surface area contributed by atoms with Gasteiger partial charge < -0.3 is 0 Å². The molecule has 20 heavy (non-hydrogen) atoms. The highest BCUT2D eigenvalue weighted by molar-refractivity contribution is 5.30. The number of aromatic nitrogens is 2. The lowest BCUT2D eigenvalue weighted by Gasteiger charge is -2.20. The van der Waals surface area contributed by atoms with Gasteiger partial charge in [0.25, 0.3) is 0 Å². The molecule has 2 rings (SSSR count). The highest BCUT2D eigenvalue weighted by Crippen LogP contribution is 2.34.